The maximum atomic E-state index is 5.42. The van der Waals surface area contributed by atoms with Gasteiger partial charge in [-0.15, -0.1) is 0 Å². The van der Waals surface area contributed by atoms with E-state index in [1.54, 1.807) is 0 Å². The molecule has 2 rings (SSSR count). The minimum absolute atomic E-state index is 0.679. The van der Waals surface area contributed by atoms with Crippen molar-refractivity contribution in [3.05, 3.63) is 23.8 Å². The zero-order valence-electron chi connectivity index (χ0n) is 6.79. The lowest BCUT2D eigenvalue weighted by Crippen LogP contribution is -2.14. The van der Waals surface area contributed by atoms with Crippen LogP contribution in [0.2, 0.25) is 0 Å². The van der Waals surface area contributed by atoms with Gasteiger partial charge < -0.3 is 9.64 Å². The molecule has 1 aliphatic rings. The van der Waals surface area contributed by atoms with Crippen LogP contribution in [0.1, 0.15) is 5.56 Å². The molecule has 0 saturated carbocycles. The first-order valence-corrected chi connectivity index (χ1v) is 3.72. The highest BCUT2D eigenvalue weighted by Gasteiger charge is 2.15. The highest BCUT2D eigenvalue weighted by Crippen LogP contribution is 2.32. The van der Waals surface area contributed by atoms with Crippen LogP contribution in [0.5, 0.6) is 5.75 Å². The maximum Gasteiger partial charge on any atom is 0.161 e. The molecule has 0 unspecified atom stereocenters. The average Bonchev–Trinajstić information content (AvgIpc) is 2.32. The van der Waals surface area contributed by atoms with Crippen molar-refractivity contribution in [2.45, 2.75) is 6.92 Å². The van der Waals surface area contributed by atoms with E-state index in [9.17, 15) is 0 Å². The van der Waals surface area contributed by atoms with Crippen LogP contribution in [0.25, 0.3) is 0 Å². The van der Waals surface area contributed by atoms with Crippen molar-refractivity contribution in [2.24, 2.45) is 0 Å². The molecule has 0 radical (unpaired) electrons. The van der Waals surface area contributed by atoms with E-state index >= 15 is 0 Å². The van der Waals surface area contributed by atoms with Gasteiger partial charge in [0.05, 0.1) is 5.69 Å². The van der Waals surface area contributed by atoms with E-state index in [1.165, 1.54) is 11.3 Å². The Hall–Kier alpha value is -1.18. The number of hydrogen-bond donors (Lipinski definition) is 0. The lowest BCUT2D eigenvalue weighted by molar-refractivity contribution is 0.353. The highest BCUT2D eigenvalue weighted by molar-refractivity contribution is 5.61. The van der Waals surface area contributed by atoms with E-state index in [0.717, 1.165) is 5.75 Å². The largest absolute Gasteiger partial charge is 0.471 e. The lowest BCUT2D eigenvalue weighted by Gasteiger charge is -2.06. The predicted octanol–water partition coefficient (Wildman–Crippen LogP) is 1.78. The molecule has 1 aromatic rings. The van der Waals surface area contributed by atoms with Gasteiger partial charge in [0.25, 0.3) is 0 Å². The average molecular weight is 149 g/mol. The van der Waals surface area contributed by atoms with E-state index in [2.05, 4.69) is 30.0 Å². The molecule has 1 aliphatic heterocycles. The molecular formula is C9H11NO. The predicted molar refractivity (Wildman–Crippen MR) is 45.1 cm³/mol. The normalized spacial score (nSPS) is 14.5. The van der Waals surface area contributed by atoms with Crippen molar-refractivity contribution >= 4 is 5.69 Å². The van der Waals surface area contributed by atoms with Gasteiger partial charge in [-0.2, -0.15) is 0 Å². The molecule has 58 valence electrons. The van der Waals surface area contributed by atoms with E-state index < -0.39 is 0 Å². The van der Waals surface area contributed by atoms with Crippen molar-refractivity contribution in [1.29, 1.82) is 0 Å². The minimum atomic E-state index is 0.679. The van der Waals surface area contributed by atoms with Gasteiger partial charge in [-0.3, -0.25) is 0 Å². The maximum absolute atomic E-state index is 5.42. The summed E-state index contributed by atoms with van der Waals surface area (Å²) in [5.41, 5.74) is 2.44. The SMILES string of the molecule is Cc1ccc2c(c1)OCN2C. The number of aryl methyl sites for hydroxylation is 1. The molecule has 0 aliphatic carbocycles. The smallest absolute Gasteiger partial charge is 0.161 e. The lowest BCUT2D eigenvalue weighted by atomic mass is 10.2. The molecule has 0 bridgehead atoms. The zero-order chi connectivity index (χ0) is 7.84. The third kappa shape index (κ3) is 0.946. The monoisotopic (exact) mass is 149 g/mol. The summed E-state index contributed by atoms with van der Waals surface area (Å²) in [6, 6.07) is 6.26. The number of fused-ring (bicyclic) bond motifs is 1. The fourth-order valence-electron chi connectivity index (χ4n) is 1.29. The Morgan fingerprint density at radius 1 is 1.45 bits per heavy atom. The third-order valence-corrected chi connectivity index (χ3v) is 1.94. The molecule has 2 heteroatoms. The van der Waals surface area contributed by atoms with Crippen LogP contribution < -0.4 is 9.64 Å². The van der Waals surface area contributed by atoms with E-state index in [1.807, 2.05) is 7.05 Å². The fraction of sp³-hybridized carbons (Fsp3) is 0.333. The molecular weight excluding hydrogens is 138 g/mol. The Balaban J connectivity index is 2.50. The summed E-state index contributed by atoms with van der Waals surface area (Å²) in [5.74, 6) is 1.01. The third-order valence-electron chi connectivity index (χ3n) is 1.94. The zero-order valence-corrected chi connectivity index (χ0v) is 6.79. The fourth-order valence-corrected chi connectivity index (χ4v) is 1.29. The van der Waals surface area contributed by atoms with E-state index in [4.69, 9.17) is 4.74 Å². The van der Waals surface area contributed by atoms with Gasteiger partial charge in [0.1, 0.15) is 5.75 Å². The molecule has 11 heavy (non-hydrogen) atoms. The summed E-state index contributed by atoms with van der Waals surface area (Å²) >= 11 is 0. The summed E-state index contributed by atoms with van der Waals surface area (Å²) in [6.45, 7) is 2.75. The summed E-state index contributed by atoms with van der Waals surface area (Å²) in [4.78, 5) is 2.09. The topological polar surface area (TPSA) is 12.5 Å². The van der Waals surface area contributed by atoms with E-state index in [0.29, 0.717) is 6.73 Å². The Kier molecular flexibility index (Phi) is 1.28. The van der Waals surface area contributed by atoms with Gasteiger partial charge >= 0.3 is 0 Å². The number of benzene rings is 1. The number of rotatable bonds is 0. The van der Waals surface area contributed by atoms with Crippen molar-refractivity contribution in [1.82, 2.24) is 0 Å². The minimum Gasteiger partial charge on any atom is -0.471 e. The van der Waals surface area contributed by atoms with Gasteiger partial charge in [-0.1, -0.05) is 6.07 Å². The Labute approximate surface area is 66.4 Å². The van der Waals surface area contributed by atoms with Crippen LogP contribution >= 0.6 is 0 Å². The van der Waals surface area contributed by atoms with Crippen molar-refractivity contribution < 1.29 is 4.74 Å². The van der Waals surface area contributed by atoms with Crippen LogP contribution in [-0.2, 0) is 0 Å². The van der Waals surface area contributed by atoms with Gasteiger partial charge in [0.2, 0.25) is 0 Å². The molecule has 2 nitrogen and oxygen atoms in total. The van der Waals surface area contributed by atoms with Gasteiger partial charge in [-0.25, -0.2) is 0 Å². The number of nitrogens with zero attached hydrogens (tertiary/aromatic N) is 1. The first kappa shape index (κ1) is 6.53. The second-order valence-electron chi connectivity index (χ2n) is 2.94. The van der Waals surface area contributed by atoms with Crippen LogP contribution in [-0.4, -0.2) is 13.8 Å². The molecule has 0 saturated heterocycles. The second kappa shape index (κ2) is 2.16. The molecule has 1 heterocycles. The number of hydrogen-bond acceptors (Lipinski definition) is 2. The van der Waals surface area contributed by atoms with Gasteiger partial charge in [-0.05, 0) is 24.6 Å². The molecule has 0 spiro atoms. The summed E-state index contributed by atoms with van der Waals surface area (Å²) < 4.78 is 5.42. The van der Waals surface area contributed by atoms with Crippen molar-refractivity contribution in [3.63, 3.8) is 0 Å². The Morgan fingerprint density at radius 2 is 2.27 bits per heavy atom. The summed E-state index contributed by atoms with van der Waals surface area (Å²) in [7, 11) is 2.03. The van der Waals surface area contributed by atoms with Crippen molar-refractivity contribution in [3.8, 4) is 5.75 Å². The van der Waals surface area contributed by atoms with Gasteiger partial charge in [0, 0.05) is 7.05 Å². The van der Waals surface area contributed by atoms with Crippen LogP contribution in [0.15, 0.2) is 18.2 Å². The highest BCUT2D eigenvalue weighted by atomic mass is 16.5. The Morgan fingerprint density at radius 3 is 3.09 bits per heavy atom. The van der Waals surface area contributed by atoms with E-state index in [-0.39, 0.29) is 0 Å². The summed E-state index contributed by atoms with van der Waals surface area (Å²) in [5, 5.41) is 0. The second-order valence-corrected chi connectivity index (χ2v) is 2.94. The molecule has 1 aromatic carbocycles. The van der Waals surface area contributed by atoms with Crippen LogP contribution in [0.3, 0.4) is 0 Å². The van der Waals surface area contributed by atoms with Crippen LogP contribution in [0, 0.1) is 6.92 Å². The number of anilines is 1. The van der Waals surface area contributed by atoms with Gasteiger partial charge in [0.15, 0.2) is 6.73 Å². The number of ether oxygens (including phenoxy) is 1. The first-order chi connectivity index (χ1) is 5.27. The molecule has 0 atom stereocenters. The van der Waals surface area contributed by atoms with Crippen molar-refractivity contribution in [2.75, 3.05) is 18.7 Å². The quantitative estimate of drug-likeness (QED) is 0.557. The first-order valence-electron chi connectivity index (χ1n) is 3.72. The molecule has 0 fully saturated rings. The molecule has 0 amide bonds. The van der Waals surface area contributed by atoms with Crippen LogP contribution in [0.4, 0.5) is 5.69 Å². The molecule has 0 aromatic heterocycles. The molecule has 0 N–H and O–H groups in total. The standard InChI is InChI=1S/C9H11NO/c1-7-3-4-8-9(5-7)11-6-10(8)2/h3-5H,6H2,1-2H3. The Bertz CT molecular complexity index is 283. The summed E-state index contributed by atoms with van der Waals surface area (Å²) in [6.07, 6.45) is 0.